The lowest BCUT2D eigenvalue weighted by Gasteiger charge is -2.23. The van der Waals surface area contributed by atoms with Gasteiger partial charge in [0.05, 0.1) is 18.4 Å². The van der Waals surface area contributed by atoms with Gasteiger partial charge < -0.3 is 24.3 Å². The molecule has 2 fully saturated rings. The Hall–Kier alpha value is -1.95. The van der Waals surface area contributed by atoms with Gasteiger partial charge in [0.25, 0.3) is 0 Å². The number of alkyl halides is 3. The van der Waals surface area contributed by atoms with E-state index in [1.165, 1.54) is 0 Å². The van der Waals surface area contributed by atoms with Crippen LogP contribution in [0.1, 0.15) is 25.6 Å². The first kappa shape index (κ1) is 17.5. The summed E-state index contributed by atoms with van der Waals surface area (Å²) in [7, 11) is 0. The molecule has 0 amide bonds. The van der Waals surface area contributed by atoms with Gasteiger partial charge >= 0.3 is 6.18 Å². The third kappa shape index (κ3) is 2.62. The van der Waals surface area contributed by atoms with Crippen molar-refractivity contribution in [2.45, 2.75) is 50.4 Å². The zero-order chi connectivity index (χ0) is 18.9. The molecule has 4 heterocycles. The molecule has 8 nitrogen and oxygen atoms in total. The van der Waals surface area contributed by atoms with Gasteiger partial charge in [-0.25, -0.2) is 4.68 Å². The number of hydrogen-bond donors (Lipinski definition) is 2. The Labute approximate surface area is 144 Å². The number of halogens is 3. The summed E-state index contributed by atoms with van der Waals surface area (Å²) in [5.74, 6) is -0.946. The molecule has 0 radical (unpaired) electrons. The maximum Gasteiger partial charge on any atom is 0.417 e. The lowest BCUT2D eigenvalue weighted by Crippen LogP contribution is -2.31. The highest BCUT2D eigenvalue weighted by molar-refractivity contribution is 5.79. The Kier molecular flexibility index (Phi) is 3.71. The minimum atomic E-state index is -4.71. The predicted octanol–water partition coefficient (Wildman–Crippen LogP) is 1.15. The second-order valence-electron chi connectivity index (χ2n) is 6.71. The molecular formula is C15H16F3N3O5. The van der Waals surface area contributed by atoms with E-state index in [2.05, 4.69) is 10.1 Å². The number of ether oxygens (including phenoxy) is 3. The molecule has 0 spiro atoms. The molecule has 0 bridgehead atoms. The number of H-pyrrole nitrogens is 1. The van der Waals surface area contributed by atoms with Crippen molar-refractivity contribution >= 4 is 11.0 Å². The molecule has 4 rings (SSSR count). The van der Waals surface area contributed by atoms with Gasteiger partial charge in [-0.05, 0) is 13.8 Å². The van der Waals surface area contributed by atoms with Crippen molar-refractivity contribution in [3.63, 3.8) is 0 Å². The van der Waals surface area contributed by atoms with Crippen LogP contribution >= 0.6 is 0 Å². The SMILES string of the molecule is CC1(C)OC2C(CO)OC(n3ncc4c(C(F)(F)F)cc(=O)[nH]c43)C2O1. The summed E-state index contributed by atoms with van der Waals surface area (Å²) in [5.41, 5.74) is -2.14. The van der Waals surface area contributed by atoms with Crippen molar-refractivity contribution in [3.05, 3.63) is 28.2 Å². The third-order valence-corrected chi connectivity index (χ3v) is 4.45. The van der Waals surface area contributed by atoms with Crippen LogP contribution in [0.2, 0.25) is 0 Å². The van der Waals surface area contributed by atoms with E-state index in [0.717, 1.165) is 10.9 Å². The predicted molar refractivity (Wildman–Crippen MR) is 80.2 cm³/mol. The van der Waals surface area contributed by atoms with Gasteiger partial charge in [0, 0.05) is 11.5 Å². The maximum absolute atomic E-state index is 13.2. The zero-order valence-corrected chi connectivity index (χ0v) is 13.8. The van der Waals surface area contributed by atoms with Gasteiger partial charge in [-0.2, -0.15) is 18.3 Å². The first-order valence-electron chi connectivity index (χ1n) is 7.90. The second kappa shape index (κ2) is 5.52. The number of rotatable bonds is 2. The zero-order valence-electron chi connectivity index (χ0n) is 13.8. The Morgan fingerprint density at radius 2 is 2.04 bits per heavy atom. The lowest BCUT2D eigenvalue weighted by atomic mass is 10.1. The summed E-state index contributed by atoms with van der Waals surface area (Å²) in [4.78, 5) is 14.1. The van der Waals surface area contributed by atoms with E-state index < -0.39 is 47.6 Å². The van der Waals surface area contributed by atoms with E-state index in [1.807, 2.05) is 0 Å². The summed E-state index contributed by atoms with van der Waals surface area (Å²) >= 11 is 0. The summed E-state index contributed by atoms with van der Waals surface area (Å²) < 4.78 is 58.0. The molecule has 0 saturated carbocycles. The van der Waals surface area contributed by atoms with Crippen LogP contribution in [0, 0.1) is 0 Å². The first-order chi connectivity index (χ1) is 12.1. The maximum atomic E-state index is 13.2. The highest BCUT2D eigenvalue weighted by atomic mass is 19.4. The molecule has 4 atom stereocenters. The molecule has 2 aliphatic rings. The monoisotopic (exact) mass is 375 g/mol. The van der Waals surface area contributed by atoms with E-state index >= 15 is 0 Å². The number of pyridine rings is 1. The molecule has 2 N–H and O–H groups in total. The van der Waals surface area contributed by atoms with E-state index in [0.29, 0.717) is 6.07 Å². The van der Waals surface area contributed by atoms with E-state index in [1.54, 1.807) is 13.8 Å². The second-order valence-corrected chi connectivity index (χ2v) is 6.71. The van der Waals surface area contributed by atoms with Gasteiger partial charge in [0.2, 0.25) is 5.56 Å². The van der Waals surface area contributed by atoms with Crippen LogP contribution in [0.3, 0.4) is 0 Å². The average Bonchev–Trinajstić information content (AvgIpc) is 3.15. The molecule has 0 aliphatic carbocycles. The van der Waals surface area contributed by atoms with Crippen LogP contribution in [-0.4, -0.2) is 50.6 Å². The van der Waals surface area contributed by atoms with Crippen LogP contribution < -0.4 is 5.56 Å². The Balaban J connectivity index is 1.83. The highest BCUT2D eigenvalue weighted by Crippen LogP contribution is 2.43. The normalized spacial score (nSPS) is 30.8. The molecule has 2 aromatic rings. The Morgan fingerprint density at radius 3 is 2.69 bits per heavy atom. The van der Waals surface area contributed by atoms with Crippen molar-refractivity contribution in [3.8, 4) is 0 Å². The summed E-state index contributed by atoms with van der Waals surface area (Å²) in [6.07, 6.45) is -6.71. The van der Waals surface area contributed by atoms with Gasteiger partial charge in [-0.15, -0.1) is 0 Å². The standard InChI is InChI=1S/C15H16F3N3O5/c1-14(2)25-10-8(5-22)24-13(11(10)26-14)21-12-6(4-19-21)7(15(16,17)18)3-9(23)20-12/h3-4,8,10-11,13,22H,5H2,1-2H3,(H,20,23). The molecule has 4 unspecified atom stereocenters. The van der Waals surface area contributed by atoms with Crippen molar-refractivity contribution in [2.24, 2.45) is 0 Å². The number of nitrogens with one attached hydrogen (secondary N) is 1. The van der Waals surface area contributed by atoms with Crippen LogP contribution in [0.15, 0.2) is 17.1 Å². The third-order valence-electron chi connectivity index (χ3n) is 4.45. The molecular weight excluding hydrogens is 359 g/mol. The largest absolute Gasteiger partial charge is 0.417 e. The number of hydrogen-bond acceptors (Lipinski definition) is 6. The minimum Gasteiger partial charge on any atom is -0.394 e. The summed E-state index contributed by atoms with van der Waals surface area (Å²) in [6, 6.07) is 0.488. The molecule has 0 aromatic carbocycles. The van der Waals surface area contributed by atoms with E-state index in [-0.39, 0.29) is 17.6 Å². The van der Waals surface area contributed by atoms with Crippen molar-refractivity contribution in [1.29, 1.82) is 0 Å². The van der Waals surface area contributed by atoms with Crippen LogP contribution in [0.25, 0.3) is 11.0 Å². The quantitative estimate of drug-likeness (QED) is 0.817. The van der Waals surface area contributed by atoms with Gasteiger partial charge in [-0.3, -0.25) is 4.79 Å². The van der Waals surface area contributed by atoms with E-state index in [9.17, 15) is 23.1 Å². The smallest absolute Gasteiger partial charge is 0.394 e. The molecule has 2 aliphatic heterocycles. The molecule has 2 aromatic heterocycles. The molecule has 142 valence electrons. The fourth-order valence-electron chi connectivity index (χ4n) is 3.48. The fraction of sp³-hybridized carbons (Fsp3) is 0.600. The number of aliphatic hydroxyl groups excluding tert-OH is 1. The number of aromatic nitrogens is 3. The minimum absolute atomic E-state index is 0.138. The average molecular weight is 375 g/mol. The number of aliphatic hydroxyl groups is 1. The van der Waals surface area contributed by atoms with Crippen molar-refractivity contribution in [1.82, 2.24) is 14.8 Å². The lowest BCUT2D eigenvalue weighted by molar-refractivity contribution is -0.201. The van der Waals surface area contributed by atoms with Crippen LogP contribution in [-0.2, 0) is 20.4 Å². The van der Waals surface area contributed by atoms with Gasteiger partial charge in [-0.1, -0.05) is 0 Å². The Morgan fingerprint density at radius 1 is 1.35 bits per heavy atom. The van der Waals surface area contributed by atoms with Gasteiger partial charge in [0.1, 0.15) is 24.0 Å². The molecule has 2 saturated heterocycles. The fourth-order valence-corrected chi connectivity index (χ4v) is 3.48. The number of nitrogens with zero attached hydrogens (tertiary/aromatic N) is 2. The topological polar surface area (TPSA) is 98.6 Å². The van der Waals surface area contributed by atoms with E-state index in [4.69, 9.17) is 14.2 Å². The van der Waals surface area contributed by atoms with Crippen molar-refractivity contribution in [2.75, 3.05) is 6.61 Å². The van der Waals surface area contributed by atoms with Crippen LogP contribution in [0.5, 0.6) is 0 Å². The number of fused-ring (bicyclic) bond motifs is 2. The first-order valence-corrected chi connectivity index (χ1v) is 7.90. The highest BCUT2D eigenvalue weighted by Gasteiger charge is 2.56. The number of aromatic amines is 1. The van der Waals surface area contributed by atoms with Crippen LogP contribution in [0.4, 0.5) is 13.2 Å². The summed E-state index contributed by atoms with van der Waals surface area (Å²) in [6.45, 7) is 3.00. The molecule has 11 heteroatoms. The van der Waals surface area contributed by atoms with Gasteiger partial charge in [0.15, 0.2) is 12.0 Å². The van der Waals surface area contributed by atoms with Crippen molar-refractivity contribution < 1.29 is 32.5 Å². The summed E-state index contributed by atoms with van der Waals surface area (Å²) in [5, 5.41) is 13.2. The Bertz CT molecular complexity index is 906. The molecule has 26 heavy (non-hydrogen) atoms.